The molecule has 2 atom stereocenters. The molecule has 0 aromatic carbocycles. The van der Waals surface area contributed by atoms with Crippen molar-refractivity contribution in [2.75, 3.05) is 18.5 Å². The van der Waals surface area contributed by atoms with Gasteiger partial charge in [-0.25, -0.2) is 9.97 Å². The summed E-state index contributed by atoms with van der Waals surface area (Å²) < 4.78 is 7.75. The van der Waals surface area contributed by atoms with Gasteiger partial charge >= 0.3 is 0 Å². The van der Waals surface area contributed by atoms with Gasteiger partial charge in [-0.1, -0.05) is 0 Å². The van der Waals surface area contributed by atoms with Crippen molar-refractivity contribution in [3.8, 4) is 6.07 Å². The molecule has 1 aliphatic rings. The minimum Gasteiger partial charge on any atom is -0.373 e. The minimum absolute atomic E-state index is 0.0326. The molecule has 7 nitrogen and oxygen atoms in total. The largest absolute Gasteiger partial charge is 0.373 e. The Morgan fingerprint density at radius 2 is 2.35 bits per heavy atom. The van der Waals surface area contributed by atoms with E-state index in [2.05, 4.69) is 26.5 Å². The van der Waals surface area contributed by atoms with E-state index in [1.165, 1.54) is 0 Å². The van der Waals surface area contributed by atoms with Crippen molar-refractivity contribution in [3.05, 3.63) is 35.4 Å². The predicted molar refractivity (Wildman–Crippen MR) is 84.6 cm³/mol. The number of nitrogens with one attached hydrogen (secondary N) is 1. The summed E-state index contributed by atoms with van der Waals surface area (Å²) in [6, 6.07) is 3.73. The summed E-state index contributed by atoms with van der Waals surface area (Å²) >= 11 is 0. The smallest absolute Gasteiger partial charge is 0.224 e. The SMILES string of the molecule is Cc1cc(C#N)nc(NC[C@@H]2CCCO[C@H]2c2cnn(C)c2)n1. The molecular formula is C16H20N6O. The van der Waals surface area contributed by atoms with Crippen molar-refractivity contribution in [1.82, 2.24) is 19.7 Å². The number of rotatable bonds is 4. The lowest BCUT2D eigenvalue weighted by Gasteiger charge is -2.31. The number of hydrogen-bond donors (Lipinski definition) is 1. The molecule has 1 aliphatic heterocycles. The molecular weight excluding hydrogens is 292 g/mol. The van der Waals surface area contributed by atoms with Crippen LogP contribution >= 0.6 is 0 Å². The van der Waals surface area contributed by atoms with Crippen LogP contribution < -0.4 is 5.32 Å². The number of anilines is 1. The summed E-state index contributed by atoms with van der Waals surface area (Å²) in [5, 5.41) is 16.5. The van der Waals surface area contributed by atoms with Gasteiger partial charge in [-0.05, 0) is 25.8 Å². The Kier molecular flexibility index (Phi) is 4.53. The van der Waals surface area contributed by atoms with Crippen LogP contribution in [0.1, 0.15) is 35.9 Å². The molecule has 120 valence electrons. The third kappa shape index (κ3) is 3.66. The summed E-state index contributed by atoms with van der Waals surface area (Å²) in [4.78, 5) is 8.54. The zero-order valence-electron chi connectivity index (χ0n) is 13.4. The van der Waals surface area contributed by atoms with E-state index in [0.29, 0.717) is 24.1 Å². The third-order valence-electron chi connectivity index (χ3n) is 3.99. The van der Waals surface area contributed by atoms with Crippen molar-refractivity contribution in [3.63, 3.8) is 0 Å². The van der Waals surface area contributed by atoms with E-state index in [-0.39, 0.29) is 6.10 Å². The van der Waals surface area contributed by atoms with Crippen LogP contribution in [0.3, 0.4) is 0 Å². The summed E-state index contributed by atoms with van der Waals surface area (Å²) in [5.74, 6) is 0.819. The van der Waals surface area contributed by atoms with Crippen molar-refractivity contribution in [1.29, 1.82) is 5.26 Å². The van der Waals surface area contributed by atoms with E-state index in [4.69, 9.17) is 10.00 Å². The average Bonchev–Trinajstić information content (AvgIpc) is 2.99. The van der Waals surface area contributed by atoms with E-state index in [1.54, 1.807) is 10.7 Å². The number of ether oxygens (including phenoxy) is 1. The maximum atomic E-state index is 9.00. The molecule has 23 heavy (non-hydrogen) atoms. The van der Waals surface area contributed by atoms with Crippen LogP contribution in [-0.2, 0) is 11.8 Å². The highest BCUT2D eigenvalue weighted by atomic mass is 16.5. The minimum atomic E-state index is 0.0326. The molecule has 2 aromatic heterocycles. The monoisotopic (exact) mass is 312 g/mol. The van der Waals surface area contributed by atoms with E-state index >= 15 is 0 Å². The van der Waals surface area contributed by atoms with Crippen LogP contribution in [-0.4, -0.2) is 32.9 Å². The van der Waals surface area contributed by atoms with Gasteiger partial charge in [0.2, 0.25) is 5.95 Å². The Bertz CT molecular complexity index is 720. The van der Waals surface area contributed by atoms with Gasteiger partial charge in [-0.3, -0.25) is 4.68 Å². The van der Waals surface area contributed by atoms with Gasteiger partial charge in [0, 0.05) is 43.6 Å². The highest BCUT2D eigenvalue weighted by Crippen LogP contribution is 2.33. The lowest BCUT2D eigenvalue weighted by molar-refractivity contribution is -0.0239. The van der Waals surface area contributed by atoms with Crippen LogP contribution in [0, 0.1) is 24.2 Å². The molecule has 2 aromatic rings. The molecule has 3 heterocycles. The first-order valence-electron chi connectivity index (χ1n) is 7.75. The van der Waals surface area contributed by atoms with E-state index in [9.17, 15) is 0 Å². The van der Waals surface area contributed by atoms with E-state index in [1.807, 2.05) is 26.4 Å². The zero-order chi connectivity index (χ0) is 16.2. The molecule has 7 heteroatoms. The molecule has 1 N–H and O–H groups in total. The number of nitrogens with zero attached hydrogens (tertiary/aromatic N) is 5. The standard InChI is InChI=1S/C16H20N6O/c1-11-6-14(7-17)21-16(20-11)18-8-12-4-3-5-23-15(12)13-9-19-22(2)10-13/h6,9-10,12,15H,3-5,8H2,1-2H3,(H,18,20,21)/t12-,15+/m0/s1. The molecule has 1 fully saturated rings. The van der Waals surface area contributed by atoms with Crippen LogP contribution in [0.2, 0.25) is 0 Å². The van der Waals surface area contributed by atoms with Crippen molar-refractivity contribution in [2.24, 2.45) is 13.0 Å². The van der Waals surface area contributed by atoms with Gasteiger partial charge in [-0.15, -0.1) is 0 Å². The Morgan fingerprint density at radius 3 is 3.09 bits per heavy atom. The van der Waals surface area contributed by atoms with Gasteiger partial charge in [0.1, 0.15) is 11.8 Å². The number of aryl methyl sites for hydroxylation is 2. The Hall–Kier alpha value is -2.46. The lowest BCUT2D eigenvalue weighted by Crippen LogP contribution is -2.28. The lowest BCUT2D eigenvalue weighted by atomic mass is 9.91. The van der Waals surface area contributed by atoms with Gasteiger partial charge in [-0.2, -0.15) is 10.4 Å². The fourth-order valence-electron chi connectivity index (χ4n) is 2.94. The van der Waals surface area contributed by atoms with Crippen LogP contribution in [0.25, 0.3) is 0 Å². The third-order valence-corrected chi connectivity index (χ3v) is 3.99. The fraction of sp³-hybridized carbons (Fsp3) is 0.500. The topological polar surface area (TPSA) is 88.6 Å². The first kappa shape index (κ1) is 15.4. The van der Waals surface area contributed by atoms with E-state index < -0.39 is 0 Å². The maximum Gasteiger partial charge on any atom is 0.224 e. The first-order chi connectivity index (χ1) is 11.2. The summed E-state index contributed by atoms with van der Waals surface area (Å²) in [6.45, 7) is 3.33. The van der Waals surface area contributed by atoms with Gasteiger partial charge in [0.05, 0.1) is 12.3 Å². The molecule has 1 saturated heterocycles. The fourth-order valence-corrected chi connectivity index (χ4v) is 2.94. The van der Waals surface area contributed by atoms with Crippen LogP contribution in [0.5, 0.6) is 0 Å². The molecule has 0 unspecified atom stereocenters. The second-order valence-corrected chi connectivity index (χ2v) is 5.85. The molecule has 0 saturated carbocycles. The predicted octanol–water partition coefficient (Wildman–Crippen LogP) is 1.97. The van der Waals surface area contributed by atoms with Crippen LogP contribution in [0.4, 0.5) is 5.95 Å². The summed E-state index contributed by atoms with van der Waals surface area (Å²) in [5.41, 5.74) is 2.26. The number of hydrogen-bond acceptors (Lipinski definition) is 6. The van der Waals surface area contributed by atoms with Crippen molar-refractivity contribution >= 4 is 5.95 Å². The highest BCUT2D eigenvalue weighted by molar-refractivity contribution is 5.33. The Labute approximate surface area is 135 Å². The summed E-state index contributed by atoms with van der Waals surface area (Å²) in [7, 11) is 1.91. The number of aromatic nitrogens is 4. The van der Waals surface area contributed by atoms with Gasteiger partial charge in [0.25, 0.3) is 0 Å². The zero-order valence-corrected chi connectivity index (χ0v) is 13.4. The number of nitriles is 1. The van der Waals surface area contributed by atoms with Crippen molar-refractivity contribution < 1.29 is 4.74 Å². The normalized spacial score (nSPS) is 20.9. The molecule has 3 rings (SSSR count). The maximum absolute atomic E-state index is 9.00. The van der Waals surface area contributed by atoms with Crippen LogP contribution in [0.15, 0.2) is 18.5 Å². The molecule has 0 aliphatic carbocycles. The second-order valence-electron chi connectivity index (χ2n) is 5.85. The molecule has 0 amide bonds. The first-order valence-corrected chi connectivity index (χ1v) is 7.75. The molecule has 0 radical (unpaired) electrons. The van der Waals surface area contributed by atoms with Gasteiger partial charge in [0.15, 0.2) is 0 Å². The Morgan fingerprint density at radius 1 is 1.48 bits per heavy atom. The van der Waals surface area contributed by atoms with E-state index in [0.717, 1.165) is 30.7 Å². The average molecular weight is 312 g/mol. The van der Waals surface area contributed by atoms with Crippen molar-refractivity contribution in [2.45, 2.75) is 25.9 Å². The Balaban J connectivity index is 1.70. The van der Waals surface area contributed by atoms with Gasteiger partial charge < -0.3 is 10.1 Å². The summed E-state index contributed by atoms with van der Waals surface area (Å²) in [6.07, 6.45) is 6.01. The highest BCUT2D eigenvalue weighted by Gasteiger charge is 2.28. The molecule has 0 bridgehead atoms. The second kappa shape index (κ2) is 6.75. The molecule has 0 spiro atoms. The quantitative estimate of drug-likeness (QED) is 0.928.